The highest BCUT2D eigenvalue weighted by Crippen LogP contribution is 2.26. The van der Waals surface area contributed by atoms with Crippen LogP contribution in [-0.2, 0) is 11.2 Å². The fraction of sp³-hybridized carbons (Fsp3) is 0.429. The van der Waals surface area contributed by atoms with Crippen molar-refractivity contribution in [3.8, 4) is 0 Å². The number of aryl methyl sites for hydroxylation is 1. The highest BCUT2D eigenvalue weighted by molar-refractivity contribution is 5.99. The van der Waals surface area contributed by atoms with E-state index >= 15 is 0 Å². The fourth-order valence-electron chi connectivity index (χ4n) is 2.26. The number of carbonyl (C=O) groups excluding carboxylic acids is 2. The quantitative estimate of drug-likeness (QED) is 0.835. The average molecular weight is 265 g/mol. The van der Waals surface area contributed by atoms with Gasteiger partial charge in [0.25, 0.3) is 0 Å². The van der Waals surface area contributed by atoms with Crippen LogP contribution in [0.5, 0.6) is 0 Å². The monoisotopic (exact) mass is 265 g/mol. The predicted molar refractivity (Wildman–Crippen MR) is 68.9 cm³/mol. The molecule has 1 aliphatic rings. The van der Waals surface area contributed by atoms with E-state index in [1.54, 1.807) is 13.0 Å². The van der Waals surface area contributed by atoms with Crippen LogP contribution in [0.1, 0.15) is 42.1 Å². The van der Waals surface area contributed by atoms with Gasteiger partial charge in [-0.05, 0) is 43.9 Å². The lowest BCUT2D eigenvalue weighted by Crippen LogP contribution is -2.14. The molecule has 4 nitrogen and oxygen atoms in total. The van der Waals surface area contributed by atoms with Crippen molar-refractivity contribution in [1.82, 2.24) is 0 Å². The number of amides is 1. The summed E-state index contributed by atoms with van der Waals surface area (Å²) in [5.41, 5.74) is 1.16. The highest BCUT2D eigenvalue weighted by atomic mass is 19.1. The first-order valence-electron chi connectivity index (χ1n) is 6.41. The van der Waals surface area contributed by atoms with E-state index in [1.165, 1.54) is 6.07 Å². The zero-order valence-electron chi connectivity index (χ0n) is 10.8. The maximum Gasteiger partial charge on any atom is 0.411 e. The number of Topliss-reactive ketones (excluding diaryl/α,β-unsaturated/α-hetero) is 1. The predicted octanol–water partition coefficient (Wildman–Crippen LogP) is 3.30. The molecule has 1 amide bonds. The van der Waals surface area contributed by atoms with Gasteiger partial charge in [0.2, 0.25) is 0 Å². The molecule has 0 saturated heterocycles. The van der Waals surface area contributed by atoms with Crippen LogP contribution in [0.3, 0.4) is 0 Å². The minimum absolute atomic E-state index is 0.160. The summed E-state index contributed by atoms with van der Waals surface area (Å²) >= 11 is 0. The molecule has 2 rings (SSSR count). The SMILES string of the molecule is CCOC(=O)Nc1cc(F)c2c(c1)CCCCC2=O. The van der Waals surface area contributed by atoms with E-state index < -0.39 is 11.9 Å². The first-order chi connectivity index (χ1) is 9.11. The minimum atomic E-state index is -0.623. The molecule has 5 heteroatoms. The van der Waals surface area contributed by atoms with Gasteiger partial charge in [-0.2, -0.15) is 0 Å². The summed E-state index contributed by atoms with van der Waals surface area (Å²) in [6, 6.07) is 2.82. The Hall–Kier alpha value is -1.91. The van der Waals surface area contributed by atoms with Crippen molar-refractivity contribution >= 4 is 17.6 Å². The maximum atomic E-state index is 14.0. The van der Waals surface area contributed by atoms with Gasteiger partial charge in [-0.15, -0.1) is 0 Å². The van der Waals surface area contributed by atoms with Crippen LogP contribution < -0.4 is 5.32 Å². The molecular weight excluding hydrogens is 249 g/mol. The molecule has 0 aromatic heterocycles. The van der Waals surface area contributed by atoms with Crippen LogP contribution in [0.25, 0.3) is 0 Å². The van der Waals surface area contributed by atoms with Crippen LogP contribution in [0, 0.1) is 5.82 Å². The standard InChI is InChI=1S/C14H16FNO3/c1-2-19-14(18)16-10-7-9-5-3-4-6-12(17)13(9)11(15)8-10/h7-8H,2-6H2,1H3,(H,16,18). The third-order valence-electron chi connectivity index (χ3n) is 3.07. The van der Waals surface area contributed by atoms with Crippen molar-refractivity contribution in [3.05, 3.63) is 29.1 Å². The molecule has 0 aliphatic heterocycles. The van der Waals surface area contributed by atoms with Crippen molar-refractivity contribution in [3.63, 3.8) is 0 Å². The van der Waals surface area contributed by atoms with E-state index in [1.807, 2.05) is 0 Å². The molecule has 1 aromatic carbocycles. The van der Waals surface area contributed by atoms with Crippen LogP contribution in [0.15, 0.2) is 12.1 Å². The summed E-state index contributed by atoms with van der Waals surface area (Å²) in [4.78, 5) is 23.1. The molecule has 0 radical (unpaired) electrons. The van der Waals surface area contributed by atoms with Gasteiger partial charge < -0.3 is 4.74 Å². The normalized spacial score (nSPS) is 14.5. The first kappa shape index (κ1) is 13.5. The number of hydrogen-bond donors (Lipinski definition) is 1. The molecule has 0 bridgehead atoms. The Labute approximate surface area is 110 Å². The topological polar surface area (TPSA) is 55.4 Å². The second-order valence-electron chi connectivity index (χ2n) is 4.47. The lowest BCUT2D eigenvalue weighted by Gasteiger charge is -2.10. The number of carbonyl (C=O) groups is 2. The second kappa shape index (κ2) is 5.82. The van der Waals surface area contributed by atoms with Gasteiger partial charge in [0.05, 0.1) is 12.2 Å². The molecule has 0 fully saturated rings. The van der Waals surface area contributed by atoms with E-state index in [0.29, 0.717) is 24.1 Å². The summed E-state index contributed by atoms with van der Waals surface area (Å²) in [5.74, 6) is -0.733. The van der Waals surface area contributed by atoms with Crippen LogP contribution in [0.4, 0.5) is 14.9 Å². The summed E-state index contributed by atoms with van der Waals surface area (Å²) in [6.07, 6.45) is 2.03. The van der Waals surface area contributed by atoms with Gasteiger partial charge >= 0.3 is 6.09 Å². The third-order valence-corrected chi connectivity index (χ3v) is 3.07. The number of anilines is 1. The van der Waals surface area contributed by atoms with Gasteiger partial charge in [-0.3, -0.25) is 10.1 Å². The Morgan fingerprint density at radius 3 is 2.84 bits per heavy atom. The molecular formula is C14H16FNO3. The van der Waals surface area contributed by atoms with Crippen molar-refractivity contribution < 1.29 is 18.7 Å². The summed E-state index contributed by atoms with van der Waals surface area (Å²) in [7, 11) is 0. The Morgan fingerprint density at radius 1 is 1.37 bits per heavy atom. The number of halogens is 1. The largest absolute Gasteiger partial charge is 0.450 e. The summed E-state index contributed by atoms with van der Waals surface area (Å²) in [5, 5.41) is 2.46. The Morgan fingerprint density at radius 2 is 2.11 bits per heavy atom. The number of fused-ring (bicyclic) bond motifs is 1. The van der Waals surface area contributed by atoms with E-state index in [-0.39, 0.29) is 18.0 Å². The molecule has 19 heavy (non-hydrogen) atoms. The maximum absolute atomic E-state index is 14.0. The number of hydrogen-bond acceptors (Lipinski definition) is 3. The van der Waals surface area contributed by atoms with E-state index in [0.717, 1.165) is 12.8 Å². The highest BCUT2D eigenvalue weighted by Gasteiger charge is 2.21. The molecule has 0 heterocycles. The lowest BCUT2D eigenvalue weighted by atomic mass is 10.0. The van der Waals surface area contributed by atoms with Gasteiger partial charge in [0.15, 0.2) is 5.78 Å². The summed E-state index contributed by atoms with van der Waals surface area (Å²) in [6.45, 7) is 1.94. The van der Waals surface area contributed by atoms with E-state index in [4.69, 9.17) is 4.74 Å². The van der Waals surface area contributed by atoms with Gasteiger partial charge in [-0.1, -0.05) is 0 Å². The van der Waals surface area contributed by atoms with Crippen molar-refractivity contribution in [2.75, 3.05) is 11.9 Å². The number of ketones is 1. The van der Waals surface area contributed by atoms with Gasteiger partial charge in [0.1, 0.15) is 5.82 Å². The Bertz CT molecular complexity index is 514. The molecule has 1 aromatic rings. The average Bonchev–Trinajstić information content (AvgIpc) is 2.51. The van der Waals surface area contributed by atoms with Crippen molar-refractivity contribution in [2.24, 2.45) is 0 Å². The lowest BCUT2D eigenvalue weighted by molar-refractivity contribution is 0.0978. The molecule has 0 unspecified atom stereocenters. The Kier molecular flexibility index (Phi) is 4.14. The zero-order chi connectivity index (χ0) is 13.8. The van der Waals surface area contributed by atoms with Gasteiger partial charge in [0, 0.05) is 12.1 Å². The third kappa shape index (κ3) is 3.10. The fourth-order valence-corrected chi connectivity index (χ4v) is 2.26. The van der Waals surface area contributed by atoms with Crippen LogP contribution >= 0.6 is 0 Å². The molecule has 0 spiro atoms. The first-order valence-corrected chi connectivity index (χ1v) is 6.41. The smallest absolute Gasteiger partial charge is 0.411 e. The van der Waals surface area contributed by atoms with E-state index in [9.17, 15) is 14.0 Å². The van der Waals surface area contributed by atoms with E-state index in [2.05, 4.69) is 5.32 Å². The van der Waals surface area contributed by atoms with Crippen molar-refractivity contribution in [2.45, 2.75) is 32.6 Å². The molecule has 102 valence electrons. The zero-order valence-corrected chi connectivity index (χ0v) is 10.8. The summed E-state index contributed by atoms with van der Waals surface area (Å²) < 4.78 is 18.7. The van der Waals surface area contributed by atoms with Crippen LogP contribution in [0.2, 0.25) is 0 Å². The number of rotatable bonds is 2. The Balaban J connectivity index is 2.30. The minimum Gasteiger partial charge on any atom is -0.450 e. The van der Waals surface area contributed by atoms with Gasteiger partial charge in [-0.25, -0.2) is 9.18 Å². The number of nitrogens with one attached hydrogen (secondary N) is 1. The number of ether oxygens (including phenoxy) is 1. The molecule has 0 saturated carbocycles. The molecule has 1 N–H and O–H groups in total. The molecule has 0 atom stereocenters. The van der Waals surface area contributed by atoms with Crippen molar-refractivity contribution in [1.29, 1.82) is 0 Å². The van der Waals surface area contributed by atoms with Crippen LogP contribution in [-0.4, -0.2) is 18.5 Å². The second-order valence-corrected chi connectivity index (χ2v) is 4.47. The molecule has 1 aliphatic carbocycles. The number of benzene rings is 1.